The van der Waals surface area contributed by atoms with Gasteiger partial charge in [-0.15, -0.1) is 5.10 Å². The number of aromatic nitrogens is 5. The average molecular weight is 430 g/mol. The van der Waals surface area contributed by atoms with E-state index in [0.717, 1.165) is 48.2 Å². The third-order valence-corrected chi connectivity index (χ3v) is 6.21. The summed E-state index contributed by atoms with van der Waals surface area (Å²) < 4.78 is 1.82. The van der Waals surface area contributed by atoms with Crippen molar-refractivity contribution in [2.45, 2.75) is 19.5 Å². The second-order valence-electron chi connectivity index (χ2n) is 8.57. The Morgan fingerprint density at radius 2 is 1.81 bits per heavy atom. The zero-order valence-corrected chi connectivity index (χ0v) is 18.4. The van der Waals surface area contributed by atoms with Gasteiger partial charge in [-0.25, -0.2) is 4.68 Å². The van der Waals surface area contributed by atoms with Crippen molar-refractivity contribution in [2.24, 2.45) is 0 Å². The zero-order valence-electron chi connectivity index (χ0n) is 18.4. The van der Waals surface area contributed by atoms with E-state index < -0.39 is 0 Å². The SMILES string of the molecule is Cc1ccc2[nH]c(=O)c([C@@H](c3nnnn3Cc3ccccc3)N3CCN(C)CC3)cc2c1. The van der Waals surface area contributed by atoms with Gasteiger partial charge in [0.05, 0.1) is 6.54 Å². The van der Waals surface area contributed by atoms with Crippen LogP contribution in [0.2, 0.25) is 0 Å². The molecule has 8 nitrogen and oxygen atoms in total. The van der Waals surface area contributed by atoms with Crippen LogP contribution in [0.3, 0.4) is 0 Å². The van der Waals surface area contributed by atoms with Gasteiger partial charge in [0.1, 0.15) is 6.04 Å². The maximum absolute atomic E-state index is 13.3. The largest absolute Gasteiger partial charge is 0.322 e. The Bertz CT molecular complexity index is 1270. The number of H-pyrrole nitrogens is 1. The minimum atomic E-state index is -0.323. The van der Waals surface area contributed by atoms with Gasteiger partial charge >= 0.3 is 0 Å². The number of likely N-dealkylation sites (N-methyl/N-ethyl adjacent to an activating group) is 1. The Labute approximate surface area is 186 Å². The lowest BCUT2D eigenvalue weighted by Gasteiger charge is -2.37. The first-order valence-electron chi connectivity index (χ1n) is 10.9. The van der Waals surface area contributed by atoms with Crippen molar-refractivity contribution < 1.29 is 0 Å². The fourth-order valence-corrected chi connectivity index (χ4v) is 4.40. The van der Waals surface area contributed by atoms with Crippen LogP contribution in [0.1, 0.15) is 28.6 Å². The van der Waals surface area contributed by atoms with Crippen molar-refractivity contribution in [3.63, 3.8) is 0 Å². The first kappa shape index (κ1) is 20.5. The van der Waals surface area contributed by atoms with Gasteiger partial charge in [-0.2, -0.15) is 0 Å². The van der Waals surface area contributed by atoms with Gasteiger partial charge < -0.3 is 9.88 Å². The van der Waals surface area contributed by atoms with Crippen LogP contribution in [-0.4, -0.2) is 68.2 Å². The average Bonchev–Trinajstić information content (AvgIpc) is 3.24. The summed E-state index contributed by atoms with van der Waals surface area (Å²) in [5.41, 5.74) is 3.68. The highest BCUT2D eigenvalue weighted by Gasteiger charge is 2.32. The number of nitrogens with zero attached hydrogens (tertiary/aromatic N) is 6. The van der Waals surface area contributed by atoms with Gasteiger partial charge in [0.25, 0.3) is 5.56 Å². The van der Waals surface area contributed by atoms with Crippen LogP contribution in [0, 0.1) is 6.92 Å². The Kier molecular flexibility index (Phi) is 5.55. The molecule has 32 heavy (non-hydrogen) atoms. The molecular formula is C24H27N7O. The summed E-state index contributed by atoms with van der Waals surface area (Å²) in [5, 5.41) is 13.7. The van der Waals surface area contributed by atoms with Crippen molar-refractivity contribution >= 4 is 10.9 Å². The lowest BCUT2D eigenvalue weighted by atomic mass is 10.0. The molecule has 1 fully saturated rings. The number of fused-ring (bicyclic) bond motifs is 1. The topological polar surface area (TPSA) is 82.9 Å². The third-order valence-electron chi connectivity index (χ3n) is 6.21. The molecule has 2 aromatic heterocycles. The molecule has 0 unspecified atom stereocenters. The number of hydrogen-bond acceptors (Lipinski definition) is 6. The van der Waals surface area contributed by atoms with Gasteiger partial charge in [-0.05, 0) is 53.5 Å². The number of pyridine rings is 1. The van der Waals surface area contributed by atoms with Gasteiger partial charge in [0.2, 0.25) is 0 Å². The van der Waals surface area contributed by atoms with Crippen molar-refractivity contribution in [2.75, 3.05) is 33.2 Å². The van der Waals surface area contributed by atoms with Crippen LogP contribution in [0.25, 0.3) is 10.9 Å². The van der Waals surface area contributed by atoms with Crippen molar-refractivity contribution in [1.82, 2.24) is 35.0 Å². The molecule has 0 saturated carbocycles. The van der Waals surface area contributed by atoms with E-state index in [-0.39, 0.29) is 11.6 Å². The van der Waals surface area contributed by atoms with Crippen molar-refractivity contribution in [3.8, 4) is 0 Å². The lowest BCUT2D eigenvalue weighted by Crippen LogP contribution is -2.47. The van der Waals surface area contributed by atoms with Crippen LogP contribution in [-0.2, 0) is 6.54 Å². The molecule has 1 N–H and O–H groups in total. The number of aromatic amines is 1. The highest BCUT2D eigenvalue weighted by molar-refractivity contribution is 5.79. The van der Waals surface area contributed by atoms with E-state index in [9.17, 15) is 4.79 Å². The van der Waals surface area contributed by atoms with Crippen LogP contribution < -0.4 is 5.56 Å². The molecule has 5 rings (SSSR count). The molecule has 3 heterocycles. The molecule has 1 atom stereocenters. The van der Waals surface area contributed by atoms with Crippen LogP contribution in [0.15, 0.2) is 59.4 Å². The molecule has 0 amide bonds. The minimum Gasteiger partial charge on any atom is -0.322 e. The molecular weight excluding hydrogens is 402 g/mol. The van der Waals surface area contributed by atoms with Gasteiger partial charge in [-0.1, -0.05) is 42.0 Å². The third kappa shape index (κ3) is 4.06. The number of tetrazole rings is 1. The Hall–Kier alpha value is -3.36. The zero-order chi connectivity index (χ0) is 22.1. The molecule has 1 aliphatic rings. The number of aryl methyl sites for hydroxylation is 1. The standard InChI is InChI=1S/C24H27N7O/c1-17-8-9-21-19(14-17)15-20(24(32)25-21)22(30-12-10-29(2)11-13-30)23-26-27-28-31(23)16-18-6-4-3-5-7-18/h3-9,14-15,22H,10-13,16H2,1-2H3,(H,25,32)/t22-/m0/s1. The van der Waals surface area contributed by atoms with E-state index in [0.29, 0.717) is 17.9 Å². The summed E-state index contributed by atoms with van der Waals surface area (Å²) in [7, 11) is 2.12. The van der Waals surface area contributed by atoms with Crippen LogP contribution in [0.4, 0.5) is 0 Å². The number of rotatable bonds is 5. The first-order chi connectivity index (χ1) is 15.6. The molecule has 164 valence electrons. The Morgan fingerprint density at radius 1 is 1.03 bits per heavy atom. The van der Waals surface area contributed by atoms with E-state index in [1.54, 1.807) is 0 Å². The van der Waals surface area contributed by atoms with Gasteiger partial charge in [-0.3, -0.25) is 9.69 Å². The van der Waals surface area contributed by atoms with Gasteiger partial charge in [0, 0.05) is 37.3 Å². The van der Waals surface area contributed by atoms with Crippen LogP contribution >= 0.6 is 0 Å². The molecule has 0 bridgehead atoms. The van der Waals surface area contributed by atoms with E-state index >= 15 is 0 Å². The summed E-state index contributed by atoms with van der Waals surface area (Å²) in [5.74, 6) is 0.691. The maximum atomic E-state index is 13.3. The van der Waals surface area contributed by atoms with E-state index in [2.05, 4.69) is 62.5 Å². The van der Waals surface area contributed by atoms with Crippen molar-refractivity contribution in [3.05, 3.63) is 87.5 Å². The second-order valence-corrected chi connectivity index (χ2v) is 8.57. The summed E-state index contributed by atoms with van der Waals surface area (Å²) >= 11 is 0. The summed E-state index contributed by atoms with van der Waals surface area (Å²) in [6.45, 7) is 6.15. The Morgan fingerprint density at radius 3 is 2.59 bits per heavy atom. The lowest BCUT2D eigenvalue weighted by molar-refractivity contribution is 0.121. The molecule has 0 radical (unpaired) electrons. The first-order valence-corrected chi connectivity index (χ1v) is 10.9. The van der Waals surface area contributed by atoms with Crippen LogP contribution in [0.5, 0.6) is 0 Å². The highest BCUT2D eigenvalue weighted by Crippen LogP contribution is 2.28. The predicted octanol–water partition coefficient (Wildman–Crippen LogP) is 2.21. The number of benzene rings is 2. The molecule has 1 aliphatic heterocycles. The number of piperazine rings is 1. The summed E-state index contributed by atoms with van der Waals surface area (Å²) in [4.78, 5) is 21.0. The smallest absolute Gasteiger partial charge is 0.253 e. The Balaban J connectivity index is 1.62. The normalized spacial score (nSPS) is 16.4. The summed E-state index contributed by atoms with van der Waals surface area (Å²) in [6, 6.07) is 17.9. The molecule has 2 aromatic carbocycles. The fourth-order valence-electron chi connectivity index (χ4n) is 4.40. The maximum Gasteiger partial charge on any atom is 0.253 e. The molecule has 0 spiro atoms. The number of nitrogens with one attached hydrogen (secondary N) is 1. The summed E-state index contributed by atoms with van der Waals surface area (Å²) in [6.07, 6.45) is 0. The van der Waals surface area contributed by atoms with Gasteiger partial charge in [0.15, 0.2) is 5.82 Å². The van der Waals surface area contributed by atoms with E-state index in [1.807, 2.05) is 41.1 Å². The van der Waals surface area contributed by atoms with E-state index in [1.165, 1.54) is 0 Å². The highest BCUT2D eigenvalue weighted by atomic mass is 16.1. The second kappa shape index (κ2) is 8.64. The quantitative estimate of drug-likeness (QED) is 0.524. The van der Waals surface area contributed by atoms with E-state index in [4.69, 9.17) is 0 Å². The number of hydrogen-bond donors (Lipinski definition) is 1. The molecule has 8 heteroatoms. The fraction of sp³-hybridized carbons (Fsp3) is 0.333. The molecule has 4 aromatic rings. The molecule has 1 saturated heterocycles. The van der Waals surface area contributed by atoms with Crippen molar-refractivity contribution in [1.29, 1.82) is 0 Å². The molecule has 0 aliphatic carbocycles. The minimum absolute atomic E-state index is 0.0976. The monoisotopic (exact) mass is 429 g/mol. The predicted molar refractivity (Wildman–Crippen MR) is 124 cm³/mol.